The summed E-state index contributed by atoms with van der Waals surface area (Å²) < 4.78 is 12.6. The Morgan fingerprint density at radius 3 is 2.46 bits per heavy atom. The van der Waals surface area contributed by atoms with E-state index in [2.05, 4.69) is 66.4 Å². The van der Waals surface area contributed by atoms with Crippen LogP contribution in [0.2, 0.25) is 0 Å². The Balaban J connectivity index is 1.50. The van der Waals surface area contributed by atoms with Crippen LogP contribution in [-0.2, 0) is 16.1 Å². The zero-order valence-corrected chi connectivity index (χ0v) is 15.6. The lowest BCUT2D eigenvalue weighted by atomic mass is 9.92. The molecule has 26 heavy (non-hydrogen) atoms. The molecular weight excluding hydrogens is 322 g/mol. The summed E-state index contributed by atoms with van der Waals surface area (Å²) in [5.41, 5.74) is 2.59. The molecule has 2 saturated heterocycles. The number of piperidine rings is 1. The molecule has 2 heterocycles. The van der Waals surface area contributed by atoms with E-state index in [1.54, 1.807) is 0 Å². The molecule has 0 aliphatic carbocycles. The molecule has 2 aromatic rings. The molecule has 0 saturated carbocycles. The van der Waals surface area contributed by atoms with E-state index in [0.29, 0.717) is 18.7 Å². The lowest BCUT2D eigenvalue weighted by Crippen LogP contribution is -2.52. The Morgan fingerprint density at radius 1 is 1.00 bits per heavy atom. The molecule has 2 aliphatic rings. The van der Waals surface area contributed by atoms with Crippen molar-refractivity contribution in [2.45, 2.75) is 63.6 Å². The summed E-state index contributed by atoms with van der Waals surface area (Å²) in [5.74, 6) is 0. The molecule has 2 aromatic carbocycles. The largest absolute Gasteiger partial charge is 0.369 e. The molecule has 2 aliphatic heterocycles. The van der Waals surface area contributed by atoms with Gasteiger partial charge in [-0.05, 0) is 30.4 Å². The fourth-order valence-corrected chi connectivity index (χ4v) is 4.46. The van der Waals surface area contributed by atoms with Crippen molar-refractivity contribution in [3.8, 4) is 0 Å². The molecule has 3 nitrogen and oxygen atoms in total. The van der Waals surface area contributed by atoms with Gasteiger partial charge in [-0.2, -0.15) is 0 Å². The van der Waals surface area contributed by atoms with Crippen molar-refractivity contribution in [1.82, 2.24) is 4.90 Å². The minimum Gasteiger partial charge on any atom is -0.369 e. The van der Waals surface area contributed by atoms with Crippen molar-refractivity contribution in [2.24, 2.45) is 0 Å². The average molecular weight is 351 g/mol. The van der Waals surface area contributed by atoms with Gasteiger partial charge in [-0.1, -0.05) is 74.0 Å². The standard InChI is InChI=1S/C23H29NO2/c1-2-9-20-14-15-22(25-16-18-10-5-3-6-11-18)23-24(20)21(17-26-23)19-12-7-4-8-13-19/h3-8,10-13,20-23H,2,9,14-17H2,1H3/t20-,21-,22-,23+/m0/s1. The van der Waals surface area contributed by atoms with Gasteiger partial charge in [0.1, 0.15) is 6.23 Å². The van der Waals surface area contributed by atoms with E-state index in [0.717, 1.165) is 13.0 Å². The second-order valence-electron chi connectivity index (χ2n) is 7.45. The molecule has 0 amide bonds. The van der Waals surface area contributed by atoms with Gasteiger partial charge < -0.3 is 9.47 Å². The van der Waals surface area contributed by atoms with Crippen LogP contribution in [0.1, 0.15) is 49.8 Å². The summed E-state index contributed by atoms with van der Waals surface area (Å²) in [6, 6.07) is 22.2. The van der Waals surface area contributed by atoms with Crippen LogP contribution in [0.4, 0.5) is 0 Å². The minimum atomic E-state index is 0.0780. The smallest absolute Gasteiger partial charge is 0.137 e. The van der Waals surface area contributed by atoms with E-state index >= 15 is 0 Å². The van der Waals surface area contributed by atoms with Gasteiger partial charge in [0.2, 0.25) is 0 Å². The highest BCUT2D eigenvalue weighted by atomic mass is 16.6. The number of hydrogen-bond acceptors (Lipinski definition) is 3. The molecule has 2 fully saturated rings. The first kappa shape index (κ1) is 17.7. The average Bonchev–Trinajstić information content (AvgIpc) is 3.15. The summed E-state index contributed by atoms with van der Waals surface area (Å²) in [6.07, 6.45) is 4.95. The minimum absolute atomic E-state index is 0.0780. The zero-order valence-electron chi connectivity index (χ0n) is 15.6. The monoisotopic (exact) mass is 351 g/mol. The van der Waals surface area contributed by atoms with Crippen molar-refractivity contribution < 1.29 is 9.47 Å². The van der Waals surface area contributed by atoms with Crippen LogP contribution in [0.25, 0.3) is 0 Å². The summed E-state index contributed by atoms with van der Waals surface area (Å²) in [4.78, 5) is 2.61. The molecule has 4 atom stereocenters. The van der Waals surface area contributed by atoms with Gasteiger partial charge in [0, 0.05) is 6.04 Å². The topological polar surface area (TPSA) is 21.7 Å². The molecule has 0 N–H and O–H groups in total. The van der Waals surface area contributed by atoms with Crippen molar-refractivity contribution in [1.29, 1.82) is 0 Å². The van der Waals surface area contributed by atoms with Gasteiger partial charge in [0.25, 0.3) is 0 Å². The normalized spacial score (nSPS) is 28.8. The van der Waals surface area contributed by atoms with E-state index in [-0.39, 0.29) is 12.3 Å². The number of fused-ring (bicyclic) bond motifs is 1. The van der Waals surface area contributed by atoms with E-state index < -0.39 is 0 Å². The lowest BCUT2D eigenvalue weighted by Gasteiger charge is -2.43. The van der Waals surface area contributed by atoms with Crippen molar-refractivity contribution in [3.63, 3.8) is 0 Å². The fourth-order valence-electron chi connectivity index (χ4n) is 4.46. The van der Waals surface area contributed by atoms with Crippen molar-refractivity contribution >= 4 is 0 Å². The molecule has 0 spiro atoms. The van der Waals surface area contributed by atoms with Gasteiger partial charge in [-0.25, -0.2) is 0 Å². The number of nitrogens with zero attached hydrogens (tertiary/aromatic N) is 1. The summed E-state index contributed by atoms with van der Waals surface area (Å²) in [7, 11) is 0. The van der Waals surface area contributed by atoms with E-state index in [1.807, 2.05) is 6.07 Å². The number of ether oxygens (including phenoxy) is 2. The lowest BCUT2D eigenvalue weighted by molar-refractivity contribution is -0.140. The second-order valence-corrected chi connectivity index (χ2v) is 7.45. The first-order valence-electron chi connectivity index (χ1n) is 9.96. The molecule has 138 valence electrons. The van der Waals surface area contributed by atoms with E-state index in [4.69, 9.17) is 9.47 Å². The Labute approximate surface area is 156 Å². The van der Waals surface area contributed by atoms with Crippen molar-refractivity contribution in [3.05, 3.63) is 71.8 Å². The molecule has 3 heteroatoms. The third-order valence-corrected chi connectivity index (χ3v) is 5.72. The Kier molecular flexibility index (Phi) is 5.68. The Morgan fingerprint density at radius 2 is 1.73 bits per heavy atom. The molecule has 4 rings (SSSR count). The Bertz CT molecular complexity index is 675. The molecule has 0 unspecified atom stereocenters. The van der Waals surface area contributed by atoms with Crippen LogP contribution >= 0.6 is 0 Å². The SMILES string of the molecule is CCC[C@H]1CC[C@H](OCc2ccccc2)[C@H]2OC[C@@H](c3ccccc3)N12. The molecular formula is C23H29NO2. The maximum absolute atomic E-state index is 6.33. The predicted octanol–water partition coefficient (Wildman–Crippen LogP) is 4.93. The van der Waals surface area contributed by atoms with Gasteiger partial charge in [-0.15, -0.1) is 0 Å². The highest BCUT2D eigenvalue weighted by Gasteiger charge is 2.46. The third kappa shape index (κ3) is 3.71. The van der Waals surface area contributed by atoms with Crippen LogP contribution in [0, 0.1) is 0 Å². The van der Waals surface area contributed by atoms with Gasteiger partial charge in [0.05, 0.1) is 25.4 Å². The number of rotatable bonds is 6. The summed E-state index contributed by atoms with van der Waals surface area (Å²) in [6.45, 7) is 3.70. The summed E-state index contributed by atoms with van der Waals surface area (Å²) >= 11 is 0. The highest BCUT2D eigenvalue weighted by molar-refractivity contribution is 5.21. The van der Waals surface area contributed by atoms with Crippen LogP contribution in [-0.4, -0.2) is 29.9 Å². The van der Waals surface area contributed by atoms with Gasteiger partial charge in [-0.3, -0.25) is 4.90 Å². The highest BCUT2D eigenvalue weighted by Crippen LogP contribution is 2.41. The van der Waals surface area contributed by atoms with Crippen LogP contribution in [0.3, 0.4) is 0 Å². The molecule has 0 aromatic heterocycles. The summed E-state index contributed by atoms with van der Waals surface area (Å²) in [5, 5.41) is 0. The first-order chi connectivity index (χ1) is 12.9. The first-order valence-corrected chi connectivity index (χ1v) is 9.96. The van der Waals surface area contributed by atoms with Crippen LogP contribution in [0.15, 0.2) is 60.7 Å². The van der Waals surface area contributed by atoms with Crippen molar-refractivity contribution in [2.75, 3.05) is 6.61 Å². The number of hydrogen-bond donors (Lipinski definition) is 0. The predicted molar refractivity (Wildman–Crippen MR) is 104 cm³/mol. The van der Waals surface area contributed by atoms with E-state index in [1.165, 1.54) is 30.4 Å². The Hall–Kier alpha value is -1.68. The second kappa shape index (κ2) is 8.34. The van der Waals surface area contributed by atoms with Crippen LogP contribution in [0.5, 0.6) is 0 Å². The molecule has 0 radical (unpaired) electrons. The quantitative estimate of drug-likeness (QED) is 0.736. The maximum Gasteiger partial charge on any atom is 0.137 e. The number of benzene rings is 2. The zero-order chi connectivity index (χ0) is 17.8. The molecule has 0 bridgehead atoms. The van der Waals surface area contributed by atoms with Crippen LogP contribution < -0.4 is 0 Å². The van der Waals surface area contributed by atoms with Gasteiger partial charge in [0.15, 0.2) is 0 Å². The maximum atomic E-state index is 6.33. The third-order valence-electron chi connectivity index (χ3n) is 5.72. The van der Waals surface area contributed by atoms with Gasteiger partial charge >= 0.3 is 0 Å². The fraction of sp³-hybridized carbons (Fsp3) is 0.478. The van der Waals surface area contributed by atoms with E-state index in [9.17, 15) is 0 Å².